The summed E-state index contributed by atoms with van der Waals surface area (Å²) >= 11 is 0. The molecule has 0 N–H and O–H groups in total. The molecule has 3 rings (SSSR count). The minimum atomic E-state index is -0.147. The van der Waals surface area contributed by atoms with E-state index >= 15 is 0 Å². The lowest BCUT2D eigenvalue weighted by Gasteiger charge is -2.28. The molecule has 24 heavy (non-hydrogen) atoms. The normalized spacial score (nSPS) is 25.6. The highest BCUT2D eigenvalue weighted by atomic mass is 16.5. The Labute approximate surface area is 147 Å². The van der Waals surface area contributed by atoms with Gasteiger partial charge in [-0.3, -0.25) is 0 Å². The first-order valence-electron chi connectivity index (χ1n) is 9.13. The van der Waals surface area contributed by atoms with Crippen LogP contribution in [-0.2, 0) is 15.8 Å². The summed E-state index contributed by atoms with van der Waals surface area (Å²) in [4.78, 5) is 0. The van der Waals surface area contributed by atoms with Gasteiger partial charge >= 0.3 is 0 Å². The molecular weight excluding hydrogens is 292 g/mol. The molecule has 0 aromatic heterocycles. The molecule has 0 radical (unpaired) electrons. The molecule has 1 aliphatic heterocycles. The molecule has 1 aliphatic rings. The summed E-state index contributed by atoms with van der Waals surface area (Å²) in [5, 5.41) is 0. The fourth-order valence-electron chi connectivity index (χ4n) is 3.73. The monoisotopic (exact) mass is 322 g/mol. The van der Waals surface area contributed by atoms with Crippen LogP contribution in [0, 0.1) is 0 Å². The standard InChI is InChI=1S/C23H30O/c1-17(18-11-13-19(14-12-18)22(2,3)4)21-15-16-23(5,24-21)20-9-7-6-8-10-20/h6-14,17,21H,15-16H2,1-5H3/t17-,21-,23-/m1/s1. The molecule has 1 saturated heterocycles. The molecule has 0 aliphatic carbocycles. The van der Waals surface area contributed by atoms with Crippen molar-refractivity contribution in [2.24, 2.45) is 0 Å². The number of hydrogen-bond acceptors (Lipinski definition) is 1. The zero-order valence-electron chi connectivity index (χ0n) is 15.7. The first-order valence-corrected chi connectivity index (χ1v) is 9.13. The van der Waals surface area contributed by atoms with Crippen molar-refractivity contribution < 1.29 is 4.74 Å². The fraction of sp³-hybridized carbons (Fsp3) is 0.478. The molecule has 3 atom stereocenters. The van der Waals surface area contributed by atoms with Crippen molar-refractivity contribution in [3.8, 4) is 0 Å². The molecule has 0 spiro atoms. The van der Waals surface area contributed by atoms with Gasteiger partial charge in [0.05, 0.1) is 11.7 Å². The Kier molecular flexibility index (Phi) is 4.57. The van der Waals surface area contributed by atoms with E-state index in [2.05, 4.69) is 89.2 Å². The molecule has 1 nitrogen and oxygen atoms in total. The van der Waals surface area contributed by atoms with Gasteiger partial charge in [-0.15, -0.1) is 0 Å². The Hall–Kier alpha value is -1.60. The Morgan fingerprint density at radius 1 is 1.00 bits per heavy atom. The van der Waals surface area contributed by atoms with Crippen LogP contribution in [0.25, 0.3) is 0 Å². The summed E-state index contributed by atoms with van der Waals surface area (Å²) < 4.78 is 6.55. The van der Waals surface area contributed by atoms with Crippen molar-refractivity contribution in [3.05, 3.63) is 71.3 Å². The molecule has 0 saturated carbocycles. The summed E-state index contributed by atoms with van der Waals surface area (Å²) in [7, 11) is 0. The van der Waals surface area contributed by atoms with E-state index in [4.69, 9.17) is 4.74 Å². The van der Waals surface area contributed by atoms with Crippen molar-refractivity contribution in [1.82, 2.24) is 0 Å². The Balaban J connectivity index is 1.74. The van der Waals surface area contributed by atoms with E-state index < -0.39 is 0 Å². The van der Waals surface area contributed by atoms with Crippen LogP contribution in [0.1, 0.15) is 70.1 Å². The van der Waals surface area contributed by atoms with Gasteiger partial charge in [0, 0.05) is 5.92 Å². The minimum Gasteiger partial charge on any atom is -0.367 e. The zero-order chi connectivity index (χ0) is 17.4. The summed E-state index contributed by atoms with van der Waals surface area (Å²) in [5.41, 5.74) is 4.12. The lowest BCUT2D eigenvalue weighted by molar-refractivity contribution is -0.0408. The highest BCUT2D eigenvalue weighted by Gasteiger charge is 2.39. The van der Waals surface area contributed by atoms with Gasteiger partial charge in [-0.1, -0.05) is 82.3 Å². The minimum absolute atomic E-state index is 0.147. The third-order valence-corrected chi connectivity index (χ3v) is 5.56. The molecule has 1 heteroatoms. The van der Waals surface area contributed by atoms with Crippen LogP contribution >= 0.6 is 0 Å². The number of benzene rings is 2. The molecule has 2 aromatic carbocycles. The molecule has 128 valence electrons. The van der Waals surface area contributed by atoms with Crippen molar-refractivity contribution in [3.63, 3.8) is 0 Å². The van der Waals surface area contributed by atoms with Gasteiger partial charge in [-0.2, -0.15) is 0 Å². The molecule has 0 bridgehead atoms. The Bertz CT molecular complexity index is 665. The predicted octanol–water partition coefficient (Wildman–Crippen LogP) is 6.18. The predicted molar refractivity (Wildman–Crippen MR) is 101 cm³/mol. The molecule has 1 heterocycles. The van der Waals surface area contributed by atoms with Gasteiger partial charge in [-0.25, -0.2) is 0 Å². The van der Waals surface area contributed by atoms with Gasteiger partial charge in [0.1, 0.15) is 0 Å². The third kappa shape index (κ3) is 3.42. The second-order valence-corrected chi connectivity index (χ2v) is 8.45. The summed E-state index contributed by atoms with van der Waals surface area (Å²) in [6, 6.07) is 19.8. The van der Waals surface area contributed by atoms with Gasteiger partial charge in [-0.05, 0) is 41.9 Å². The van der Waals surface area contributed by atoms with Crippen molar-refractivity contribution >= 4 is 0 Å². The highest BCUT2D eigenvalue weighted by molar-refractivity contribution is 5.30. The average Bonchev–Trinajstić information content (AvgIpc) is 2.98. The van der Waals surface area contributed by atoms with Crippen LogP contribution < -0.4 is 0 Å². The Morgan fingerprint density at radius 3 is 2.21 bits per heavy atom. The molecule has 2 aromatic rings. The van der Waals surface area contributed by atoms with Gasteiger partial charge < -0.3 is 4.74 Å². The second-order valence-electron chi connectivity index (χ2n) is 8.45. The SMILES string of the molecule is C[C@H](c1ccc(C(C)(C)C)cc1)[C@H]1CC[C@](C)(c2ccccc2)O1. The Morgan fingerprint density at radius 2 is 1.62 bits per heavy atom. The van der Waals surface area contributed by atoms with E-state index in [1.165, 1.54) is 16.7 Å². The maximum atomic E-state index is 6.55. The summed E-state index contributed by atoms with van der Waals surface area (Å²) in [6.07, 6.45) is 2.50. The number of hydrogen-bond donors (Lipinski definition) is 0. The smallest absolute Gasteiger partial charge is 0.0908 e. The largest absolute Gasteiger partial charge is 0.367 e. The lowest BCUT2D eigenvalue weighted by Crippen LogP contribution is -2.24. The number of rotatable bonds is 3. The van der Waals surface area contributed by atoms with E-state index in [0.717, 1.165) is 12.8 Å². The third-order valence-electron chi connectivity index (χ3n) is 5.56. The van der Waals surface area contributed by atoms with Gasteiger partial charge in [0.15, 0.2) is 0 Å². The van der Waals surface area contributed by atoms with E-state index in [1.807, 2.05) is 0 Å². The van der Waals surface area contributed by atoms with Crippen LogP contribution in [-0.4, -0.2) is 6.10 Å². The number of ether oxygens (including phenoxy) is 1. The molecule has 1 fully saturated rings. The van der Waals surface area contributed by atoms with Crippen molar-refractivity contribution in [1.29, 1.82) is 0 Å². The summed E-state index contributed by atoms with van der Waals surface area (Å²) in [5.74, 6) is 0.421. The van der Waals surface area contributed by atoms with Crippen LogP contribution in [0.2, 0.25) is 0 Å². The van der Waals surface area contributed by atoms with Crippen LogP contribution in [0.3, 0.4) is 0 Å². The van der Waals surface area contributed by atoms with Crippen molar-refractivity contribution in [2.45, 2.75) is 70.5 Å². The van der Waals surface area contributed by atoms with Crippen LogP contribution in [0.5, 0.6) is 0 Å². The maximum Gasteiger partial charge on any atom is 0.0908 e. The zero-order valence-corrected chi connectivity index (χ0v) is 15.7. The molecule has 0 amide bonds. The highest BCUT2D eigenvalue weighted by Crippen LogP contribution is 2.43. The second kappa shape index (κ2) is 6.37. The van der Waals surface area contributed by atoms with Crippen LogP contribution in [0.4, 0.5) is 0 Å². The molecular formula is C23H30O. The summed E-state index contributed by atoms with van der Waals surface area (Å²) in [6.45, 7) is 11.3. The van der Waals surface area contributed by atoms with Crippen LogP contribution in [0.15, 0.2) is 54.6 Å². The van der Waals surface area contributed by atoms with E-state index in [9.17, 15) is 0 Å². The maximum absolute atomic E-state index is 6.55. The van der Waals surface area contributed by atoms with E-state index in [1.54, 1.807) is 0 Å². The van der Waals surface area contributed by atoms with E-state index in [-0.39, 0.29) is 17.1 Å². The van der Waals surface area contributed by atoms with Crippen molar-refractivity contribution in [2.75, 3.05) is 0 Å². The fourth-order valence-corrected chi connectivity index (χ4v) is 3.73. The lowest BCUT2D eigenvalue weighted by atomic mass is 9.85. The van der Waals surface area contributed by atoms with Gasteiger partial charge in [0.25, 0.3) is 0 Å². The average molecular weight is 322 g/mol. The quantitative estimate of drug-likeness (QED) is 0.655. The first kappa shape index (κ1) is 17.2. The topological polar surface area (TPSA) is 9.23 Å². The molecule has 0 unspecified atom stereocenters. The van der Waals surface area contributed by atoms with Gasteiger partial charge in [0.2, 0.25) is 0 Å². The first-order chi connectivity index (χ1) is 11.3. The van der Waals surface area contributed by atoms with E-state index in [0.29, 0.717) is 5.92 Å².